The van der Waals surface area contributed by atoms with Gasteiger partial charge in [-0.25, -0.2) is 4.98 Å². The van der Waals surface area contributed by atoms with Crippen LogP contribution in [0.4, 0.5) is 17.1 Å². The van der Waals surface area contributed by atoms with Crippen LogP contribution in [0.2, 0.25) is 0 Å². The summed E-state index contributed by atoms with van der Waals surface area (Å²) < 4.78 is 13.3. The summed E-state index contributed by atoms with van der Waals surface area (Å²) in [5, 5.41) is 6.65. The number of oxazole rings is 1. The number of fused-ring (bicyclic) bond motifs is 8. The van der Waals surface area contributed by atoms with E-state index in [-0.39, 0.29) is 0 Å². The largest absolute Gasteiger partial charge is 0.455 e. The molecule has 0 bridgehead atoms. The number of furan rings is 1. The minimum absolute atomic E-state index is 0.622. The molecule has 4 heteroatoms. The Kier molecular flexibility index (Phi) is 7.14. The maximum absolute atomic E-state index is 6.75. The predicted octanol–water partition coefficient (Wildman–Crippen LogP) is 14.5. The molecule has 0 fully saturated rings. The minimum Gasteiger partial charge on any atom is -0.455 e. The lowest BCUT2D eigenvalue weighted by molar-refractivity contribution is 0.623. The van der Waals surface area contributed by atoms with Crippen molar-refractivity contribution in [1.82, 2.24) is 4.98 Å². The Labute approximate surface area is 317 Å². The summed E-state index contributed by atoms with van der Waals surface area (Å²) in [4.78, 5) is 7.20. The number of rotatable bonds is 6. The fourth-order valence-electron chi connectivity index (χ4n) is 8.06. The third-order valence-electron chi connectivity index (χ3n) is 10.7. The standard InChI is InChI=1S/C51H32N2O2/c1-4-12-33(13-5-1)41-18-10-20-43-44-21-11-19-42(49(44)54-48(41)43)34-24-28-39(29-25-34)53(38-16-8-3-9-17-38)40-30-26-35-22-23-36-27-31-46-50(47(36)45(35)32-40)55-51(52-46)37-14-6-2-7-15-37/h1-32H. The van der Waals surface area contributed by atoms with Crippen molar-refractivity contribution in [2.45, 2.75) is 0 Å². The SMILES string of the molecule is c1ccc(-c2nc3ccc4ccc5ccc(N(c6ccccc6)c6ccc(-c7cccc8c7oc7c(-c9ccccc9)cccc78)cc6)cc5c4c3o2)cc1. The molecule has 0 saturated carbocycles. The van der Waals surface area contributed by atoms with Gasteiger partial charge in [0.25, 0.3) is 0 Å². The number of aromatic nitrogens is 1. The minimum atomic E-state index is 0.622. The molecule has 0 amide bonds. The highest BCUT2D eigenvalue weighted by Gasteiger charge is 2.19. The highest BCUT2D eigenvalue weighted by molar-refractivity contribution is 6.19. The topological polar surface area (TPSA) is 42.4 Å². The van der Waals surface area contributed by atoms with Gasteiger partial charge in [-0.15, -0.1) is 0 Å². The second kappa shape index (κ2) is 12.6. The molecule has 0 radical (unpaired) electrons. The van der Waals surface area contributed by atoms with Crippen LogP contribution >= 0.6 is 0 Å². The molecule has 11 aromatic rings. The van der Waals surface area contributed by atoms with E-state index >= 15 is 0 Å². The Morgan fingerprint density at radius 2 is 0.909 bits per heavy atom. The van der Waals surface area contributed by atoms with Crippen molar-refractivity contribution in [3.63, 3.8) is 0 Å². The zero-order valence-electron chi connectivity index (χ0n) is 29.7. The molecule has 0 N–H and O–H groups in total. The molecule has 0 aliphatic rings. The molecule has 0 unspecified atom stereocenters. The molecular formula is C51H32N2O2. The van der Waals surface area contributed by atoms with Crippen LogP contribution in [-0.2, 0) is 0 Å². The maximum Gasteiger partial charge on any atom is 0.227 e. The summed E-state index contributed by atoms with van der Waals surface area (Å²) in [5.74, 6) is 0.622. The molecule has 0 aliphatic carbocycles. The first-order valence-corrected chi connectivity index (χ1v) is 18.5. The van der Waals surface area contributed by atoms with Gasteiger partial charge in [0.05, 0.1) is 0 Å². The van der Waals surface area contributed by atoms with Crippen molar-refractivity contribution in [2.24, 2.45) is 0 Å². The van der Waals surface area contributed by atoms with E-state index in [4.69, 9.17) is 13.8 Å². The number of hydrogen-bond acceptors (Lipinski definition) is 4. The Morgan fingerprint density at radius 3 is 1.60 bits per heavy atom. The van der Waals surface area contributed by atoms with E-state index in [2.05, 4.69) is 163 Å². The number of hydrogen-bond donors (Lipinski definition) is 0. The molecule has 55 heavy (non-hydrogen) atoms. The van der Waals surface area contributed by atoms with E-state index < -0.39 is 0 Å². The van der Waals surface area contributed by atoms with Gasteiger partial charge < -0.3 is 13.7 Å². The highest BCUT2D eigenvalue weighted by atomic mass is 16.3. The first-order valence-electron chi connectivity index (χ1n) is 18.5. The average Bonchev–Trinajstić information content (AvgIpc) is 3.87. The third kappa shape index (κ3) is 5.19. The predicted molar refractivity (Wildman–Crippen MR) is 227 cm³/mol. The van der Waals surface area contributed by atoms with E-state index in [1.165, 1.54) is 0 Å². The van der Waals surface area contributed by atoms with Crippen LogP contribution in [-0.4, -0.2) is 4.98 Å². The molecule has 9 aromatic carbocycles. The zero-order valence-corrected chi connectivity index (χ0v) is 29.7. The second-order valence-corrected chi connectivity index (χ2v) is 13.9. The smallest absolute Gasteiger partial charge is 0.227 e. The van der Waals surface area contributed by atoms with Gasteiger partial charge in [-0.3, -0.25) is 0 Å². The van der Waals surface area contributed by atoms with Gasteiger partial charge in [-0.2, -0.15) is 0 Å². The Hall–Kier alpha value is -7.43. The van der Waals surface area contributed by atoms with Crippen LogP contribution in [0.25, 0.3) is 88.3 Å². The lowest BCUT2D eigenvalue weighted by atomic mass is 9.99. The molecule has 0 spiro atoms. The molecule has 2 aromatic heterocycles. The second-order valence-electron chi connectivity index (χ2n) is 13.9. The summed E-state index contributed by atoms with van der Waals surface area (Å²) in [6.07, 6.45) is 0. The normalized spacial score (nSPS) is 11.6. The Morgan fingerprint density at radius 1 is 0.364 bits per heavy atom. The Bertz CT molecular complexity index is 3180. The van der Waals surface area contributed by atoms with E-state index in [1.54, 1.807) is 0 Å². The van der Waals surface area contributed by atoms with Crippen LogP contribution in [0.5, 0.6) is 0 Å². The van der Waals surface area contributed by atoms with Gasteiger partial charge in [0, 0.05) is 49.9 Å². The van der Waals surface area contributed by atoms with Crippen LogP contribution in [0, 0.1) is 0 Å². The van der Waals surface area contributed by atoms with Crippen molar-refractivity contribution < 1.29 is 8.83 Å². The lowest BCUT2D eigenvalue weighted by Gasteiger charge is -2.26. The fourth-order valence-corrected chi connectivity index (χ4v) is 8.06. The number of benzene rings is 9. The van der Waals surface area contributed by atoms with Crippen LogP contribution in [0.1, 0.15) is 0 Å². The van der Waals surface area contributed by atoms with E-state index in [9.17, 15) is 0 Å². The molecule has 4 nitrogen and oxygen atoms in total. The van der Waals surface area contributed by atoms with Crippen molar-refractivity contribution in [2.75, 3.05) is 4.90 Å². The molecular weight excluding hydrogens is 673 g/mol. The first kappa shape index (κ1) is 31.1. The third-order valence-corrected chi connectivity index (χ3v) is 10.7. The number of para-hydroxylation sites is 3. The van der Waals surface area contributed by atoms with E-state index in [0.29, 0.717) is 5.89 Å². The summed E-state index contributed by atoms with van der Waals surface area (Å²) >= 11 is 0. The summed E-state index contributed by atoms with van der Waals surface area (Å²) in [6, 6.07) is 67.9. The van der Waals surface area contributed by atoms with E-state index in [1.807, 2.05) is 36.4 Å². The lowest BCUT2D eigenvalue weighted by Crippen LogP contribution is -2.09. The van der Waals surface area contributed by atoms with Crippen molar-refractivity contribution in [3.8, 4) is 33.7 Å². The summed E-state index contributed by atoms with van der Waals surface area (Å²) in [6.45, 7) is 0. The molecule has 0 atom stereocenters. The molecule has 2 heterocycles. The van der Waals surface area contributed by atoms with Crippen molar-refractivity contribution in [1.29, 1.82) is 0 Å². The Balaban J connectivity index is 1.04. The van der Waals surface area contributed by atoms with Gasteiger partial charge in [0.2, 0.25) is 5.89 Å². The van der Waals surface area contributed by atoms with Crippen LogP contribution in [0.3, 0.4) is 0 Å². The maximum atomic E-state index is 6.75. The van der Waals surface area contributed by atoms with Gasteiger partial charge in [-0.1, -0.05) is 140 Å². The molecule has 0 saturated heterocycles. The zero-order chi connectivity index (χ0) is 36.3. The fraction of sp³-hybridized carbons (Fsp3) is 0. The first-order chi connectivity index (χ1) is 27.3. The van der Waals surface area contributed by atoms with Crippen molar-refractivity contribution in [3.05, 3.63) is 194 Å². The van der Waals surface area contributed by atoms with Crippen LogP contribution in [0.15, 0.2) is 203 Å². The van der Waals surface area contributed by atoms with Crippen molar-refractivity contribution >= 4 is 71.6 Å². The average molecular weight is 705 g/mol. The highest BCUT2D eigenvalue weighted by Crippen LogP contribution is 2.43. The molecule has 11 rings (SSSR count). The van der Waals surface area contributed by atoms with Gasteiger partial charge in [0.15, 0.2) is 5.58 Å². The molecule has 0 aliphatic heterocycles. The monoisotopic (exact) mass is 704 g/mol. The summed E-state index contributed by atoms with van der Waals surface area (Å²) in [5.41, 5.74) is 12.0. The molecule has 258 valence electrons. The van der Waals surface area contributed by atoms with Gasteiger partial charge in [-0.05, 0) is 81.9 Å². The number of anilines is 3. The van der Waals surface area contributed by atoms with Gasteiger partial charge in [0.1, 0.15) is 16.7 Å². The summed E-state index contributed by atoms with van der Waals surface area (Å²) in [7, 11) is 0. The van der Waals surface area contributed by atoms with E-state index in [0.717, 1.165) is 99.5 Å². The van der Waals surface area contributed by atoms with Crippen LogP contribution < -0.4 is 4.90 Å². The van der Waals surface area contributed by atoms with Gasteiger partial charge >= 0.3 is 0 Å². The quantitative estimate of drug-likeness (QED) is 0.162. The number of nitrogens with zero attached hydrogens (tertiary/aromatic N) is 2.